The van der Waals surface area contributed by atoms with Crippen LogP contribution in [0.25, 0.3) is 0 Å². The van der Waals surface area contributed by atoms with E-state index in [-0.39, 0.29) is 0 Å². The Hall–Kier alpha value is -0.480. The Labute approximate surface area is 125 Å². The van der Waals surface area contributed by atoms with Gasteiger partial charge in [0, 0.05) is 14.3 Å². The topological polar surface area (TPSA) is 26.0 Å². The van der Waals surface area contributed by atoms with Gasteiger partial charge >= 0.3 is 0 Å². The molecule has 0 aromatic heterocycles. The van der Waals surface area contributed by atoms with E-state index in [9.17, 15) is 0 Å². The second-order valence-electron chi connectivity index (χ2n) is 3.83. The molecule has 1 nitrogen and oxygen atoms in total. The predicted octanol–water partition coefficient (Wildman–Crippen LogP) is 4.75. The molecule has 18 heavy (non-hydrogen) atoms. The van der Waals surface area contributed by atoms with Crippen LogP contribution >= 0.6 is 39.3 Å². The third-order valence-electron chi connectivity index (χ3n) is 2.48. The number of hydrogen-bond donors (Lipinski definition) is 1. The molecule has 0 unspecified atom stereocenters. The lowest BCUT2D eigenvalue weighted by molar-refractivity contribution is 0.944. The molecule has 0 saturated carbocycles. The maximum atomic E-state index is 6.28. The summed E-state index contributed by atoms with van der Waals surface area (Å²) in [6, 6.07) is 14.2. The summed E-state index contributed by atoms with van der Waals surface area (Å²) in [6.45, 7) is 0.631. The first-order valence-electron chi connectivity index (χ1n) is 5.61. The first kappa shape index (κ1) is 13.9. The van der Waals surface area contributed by atoms with Crippen LogP contribution in [0.1, 0.15) is 5.56 Å². The standard InChI is InChI=1S/C14H13BrClNS/c15-11-4-2-5-12(9-11)18-14-10(7-8-17)3-1-6-13(14)16/h1-6,9H,7-8,17H2. The minimum absolute atomic E-state index is 0.631. The van der Waals surface area contributed by atoms with E-state index in [0.29, 0.717) is 6.54 Å². The van der Waals surface area contributed by atoms with Crippen LogP contribution in [0.3, 0.4) is 0 Å². The molecule has 2 aromatic rings. The lowest BCUT2D eigenvalue weighted by Gasteiger charge is -2.10. The highest BCUT2D eigenvalue weighted by Crippen LogP contribution is 2.36. The number of benzene rings is 2. The zero-order valence-electron chi connectivity index (χ0n) is 9.70. The van der Waals surface area contributed by atoms with Crippen molar-refractivity contribution in [3.05, 3.63) is 57.5 Å². The summed E-state index contributed by atoms with van der Waals surface area (Å²) in [7, 11) is 0. The number of rotatable bonds is 4. The normalized spacial score (nSPS) is 10.6. The quantitative estimate of drug-likeness (QED) is 0.867. The third-order valence-corrected chi connectivity index (χ3v) is 4.57. The third kappa shape index (κ3) is 3.51. The minimum atomic E-state index is 0.631. The first-order chi connectivity index (χ1) is 8.70. The zero-order chi connectivity index (χ0) is 13.0. The van der Waals surface area contributed by atoms with Gasteiger partial charge in [0.05, 0.1) is 5.02 Å². The van der Waals surface area contributed by atoms with Gasteiger partial charge in [0.1, 0.15) is 0 Å². The van der Waals surface area contributed by atoms with Crippen molar-refractivity contribution in [2.24, 2.45) is 5.73 Å². The summed E-state index contributed by atoms with van der Waals surface area (Å²) < 4.78 is 1.07. The van der Waals surface area contributed by atoms with E-state index in [0.717, 1.165) is 25.7 Å². The summed E-state index contributed by atoms with van der Waals surface area (Å²) in [5, 5.41) is 0.783. The molecule has 0 aliphatic heterocycles. The van der Waals surface area contributed by atoms with Crippen LogP contribution in [0.5, 0.6) is 0 Å². The summed E-state index contributed by atoms with van der Waals surface area (Å²) in [4.78, 5) is 2.26. The van der Waals surface area contributed by atoms with Crippen LogP contribution in [-0.2, 0) is 6.42 Å². The lowest BCUT2D eigenvalue weighted by Crippen LogP contribution is -2.03. The van der Waals surface area contributed by atoms with Crippen molar-refractivity contribution in [1.29, 1.82) is 0 Å². The van der Waals surface area contributed by atoms with E-state index in [4.69, 9.17) is 17.3 Å². The molecule has 0 atom stereocenters. The molecule has 4 heteroatoms. The fraction of sp³-hybridized carbons (Fsp3) is 0.143. The Morgan fingerprint density at radius 1 is 1.17 bits per heavy atom. The Balaban J connectivity index is 2.33. The van der Waals surface area contributed by atoms with Crippen molar-refractivity contribution in [2.45, 2.75) is 16.2 Å². The van der Waals surface area contributed by atoms with E-state index in [1.54, 1.807) is 11.8 Å². The summed E-state index contributed by atoms with van der Waals surface area (Å²) in [6.07, 6.45) is 0.844. The van der Waals surface area contributed by atoms with Crippen molar-refractivity contribution < 1.29 is 0 Å². The molecule has 2 rings (SSSR count). The van der Waals surface area contributed by atoms with Crippen LogP contribution < -0.4 is 5.73 Å². The van der Waals surface area contributed by atoms with Gasteiger partial charge in [0.15, 0.2) is 0 Å². The highest BCUT2D eigenvalue weighted by molar-refractivity contribution is 9.10. The summed E-state index contributed by atoms with van der Waals surface area (Å²) >= 11 is 11.4. The van der Waals surface area contributed by atoms with E-state index in [2.05, 4.69) is 34.1 Å². The molecule has 0 heterocycles. The second-order valence-corrected chi connectivity index (χ2v) is 6.23. The van der Waals surface area contributed by atoms with Gasteiger partial charge < -0.3 is 5.73 Å². The lowest BCUT2D eigenvalue weighted by atomic mass is 10.1. The predicted molar refractivity (Wildman–Crippen MR) is 82.5 cm³/mol. The molecule has 0 aliphatic rings. The van der Waals surface area contributed by atoms with Gasteiger partial charge in [-0.25, -0.2) is 0 Å². The number of halogens is 2. The SMILES string of the molecule is NCCc1cccc(Cl)c1Sc1cccc(Br)c1. The molecule has 0 fully saturated rings. The molecule has 2 aromatic carbocycles. The Morgan fingerprint density at radius 2 is 1.94 bits per heavy atom. The fourth-order valence-electron chi connectivity index (χ4n) is 1.67. The van der Waals surface area contributed by atoms with Crippen molar-refractivity contribution in [3.8, 4) is 0 Å². The molecule has 0 bridgehead atoms. The molecule has 0 spiro atoms. The second kappa shape index (κ2) is 6.62. The van der Waals surface area contributed by atoms with Crippen molar-refractivity contribution in [3.63, 3.8) is 0 Å². The van der Waals surface area contributed by atoms with Crippen LogP contribution in [0.15, 0.2) is 56.7 Å². The highest BCUT2D eigenvalue weighted by atomic mass is 79.9. The van der Waals surface area contributed by atoms with E-state index >= 15 is 0 Å². The van der Waals surface area contributed by atoms with Crippen LogP contribution in [0.2, 0.25) is 5.02 Å². The molecule has 0 aliphatic carbocycles. The van der Waals surface area contributed by atoms with Gasteiger partial charge in [-0.05, 0) is 42.8 Å². The largest absolute Gasteiger partial charge is 0.330 e. The Bertz CT molecular complexity index is 545. The fourth-order valence-corrected chi connectivity index (χ4v) is 3.56. The molecule has 94 valence electrons. The number of hydrogen-bond acceptors (Lipinski definition) is 2. The van der Waals surface area contributed by atoms with Gasteiger partial charge in [0.25, 0.3) is 0 Å². The summed E-state index contributed by atoms with van der Waals surface area (Å²) in [5.74, 6) is 0. The van der Waals surface area contributed by atoms with E-state index in [1.165, 1.54) is 5.56 Å². The Kier molecular flexibility index (Phi) is 5.13. The zero-order valence-corrected chi connectivity index (χ0v) is 12.9. The number of nitrogens with two attached hydrogens (primary N) is 1. The average molecular weight is 343 g/mol. The Morgan fingerprint density at radius 3 is 2.67 bits per heavy atom. The molecular weight excluding hydrogens is 330 g/mol. The maximum absolute atomic E-state index is 6.28. The van der Waals surface area contributed by atoms with Gasteiger partial charge in [-0.1, -0.05) is 57.5 Å². The van der Waals surface area contributed by atoms with Crippen LogP contribution in [0.4, 0.5) is 0 Å². The summed E-state index contributed by atoms with van der Waals surface area (Å²) in [5.41, 5.74) is 6.84. The van der Waals surface area contributed by atoms with E-state index in [1.807, 2.05) is 24.3 Å². The molecule has 0 saturated heterocycles. The van der Waals surface area contributed by atoms with Gasteiger partial charge in [0.2, 0.25) is 0 Å². The maximum Gasteiger partial charge on any atom is 0.0548 e. The monoisotopic (exact) mass is 341 g/mol. The van der Waals surface area contributed by atoms with Crippen LogP contribution in [-0.4, -0.2) is 6.54 Å². The smallest absolute Gasteiger partial charge is 0.0548 e. The molecule has 2 N–H and O–H groups in total. The van der Waals surface area contributed by atoms with Gasteiger partial charge in [-0.3, -0.25) is 0 Å². The van der Waals surface area contributed by atoms with Gasteiger partial charge in [-0.15, -0.1) is 0 Å². The molecule has 0 radical (unpaired) electrons. The van der Waals surface area contributed by atoms with Gasteiger partial charge in [-0.2, -0.15) is 0 Å². The van der Waals surface area contributed by atoms with Crippen LogP contribution in [0, 0.1) is 0 Å². The average Bonchev–Trinajstić information content (AvgIpc) is 2.34. The molecule has 0 amide bonds. The molecular formula is C14H13BrClNS. The van der Waals surface area contributed by atoms with Crippen molar-refractivity contribution >= 4 is 39.3 Å². The first-order valence-corrected chi connectivity index (χ1v) is 7.60. The van der Waals surface area contributed by atoms with Crippen molar-refractivity contribution in [1.82, 2.24) is 0 Å². The highest BCUT2D eigenvalue weighted by Gasteiger charge is 2.08. The van der Waals surface area contributed by atoms with Crippen molar-refractivity contribution in [2.75, 3.05) is 6.54 Å². The van der Waals surface area contributed by atoms with E-state index < -0.39 is 0 Å². The minimum Gasteiger partial charge on any atom is -0.330 e.